The maximum absolute atomic E-state index is 6.59. The van der Waals surface area contributed by atoms with Crippen molar-refractivity contribution in [1.29, 1.82) is 0 Å². The summed E-state index contributed by atoms with van der Waals surface area (Å²) in [6.45, 7) is 3.94. The molecule has 8 heteroatoms. The van der Waals surface area contributed by atoms with Crippen LogP contribution in [0.5, 0.6) is 5.75 Å². The molecule has 1 unspecified atom stereocenters. The Kier molecular flexibility index (Phi) is 6.96. The lowest BCUT2D eigenvalue weighted by Gasteiger charge is -2.21. The minimum atomic E-state index is -0.220. The van der Waals surface area contributed by atoms with E-state index < -0.39 is 0 Å². The summed E-state index contributed by atoms with van der Waals surface area (Å²) in [5.74, 6) is 1.08. The number of hydrogen-bond donors (Lipinski definition) is 1. The van der Waals surface area contributed by atoms with Crippen molar-refractivity contribution < 1.29 is 4.74 Å². The van der Waals surface area contributed by atoms with Crippen LogP contribution in [0.25, 0.3) is 11.1 Å². The highest BCUT2D eigenvalue weighted by Gasteiger charge is 2.22. The summed E-state index contributed by atoms with van der Waals surface area (Å²) in [5, 5.41) is 1.18. The second-order valence-corrected chi connectivity index (χ2v) is 7.53. The van der Waals surface area contributed by atoms with Gasteiger partial charge in [-0.3, -0.25) is 4.98 Å². The van der Waals surface area contributed by atoms with Crippen LogP contribution in [0.3, 0.4) is 0 Å². The Balaban J connectivity index is 2.24. The average molecular weight is 450 g/mol. The molecule has 1 aromatic carbocycles. The van der Waals surface area contributed by atoms with Crippen molar-refractivity contribution in [2.75, 3.05) is 7.11 Å². The molecular formula is C21H19Cl3N4O. The largest absolute Gasteiger partial charge is 0.496 e. The Bertz CT molecular complexity index is 1070. The summed E-state index contributed by atoms with van der Waals surface area (Å²) in [6.07, 6.45) is 6.56. The van der Waals surface area contributed by atoms with Crippen LogP contribution in [-0.2, 0) is 0 Å². The predicted molar refractivity (Wildman–Crippen MR) is 118 cm³/mol. The topological polar surface area (TPSA) is 63.7 Å². The SMILES string of the molecule is COc1c(C(C)c2nccnc(Cl)cc(Cl)[nH]2)cc(Cl)c(C)c1-c1cccnc1. The highest BCUT2D eigenvalue weighted by Crippen LogP contribution is 2.43. The molecule has 1 N–H and O–H groups in total. The Morgan fingerprint density at radius 3 is 2.52 bits per heavy atom. The van der Waals surface area contributed by atoms with Gasteiger partial charge in [0.15, 0.2) is 0 Å². The van der Waals surface area contributed by atoms with Crippen LogP contribution in [0, 0.1) is 6.92 Å². The number of hydrogen-bond acceptors (Lipinski definition) is 4. The van der Waals surface area contributed by atoms with Crippen molar-refractivity contribution in [3.63, 3.8) is 0 Å². The molecule has 0 amide bonds. The smallest absolute Gasteiger partial charge is 0.132 e. The lowest BCUT2D eigenvalue weighted by molar-refractivity contribution is 0.409. The highest BCUT2D eigenvalue weighted by molar-refractivity contribution is 6.33. The lowest BCUT2D eigenvalue weighted by Crippen LogP contribution is -2.06. The minimum Gasteiger partial charge on any atom is -0.496 e. The number of ether oxygens (including phenoxy) is 1. The van der Waals surface area contributed by atoms with E-state index in [1.165, 1.54) is 12.3 Å². The molecule has 0 aliphatic rings. The van der Waals surface area contributed by atoms with Crippen LogP contribution in [-0.4, -0.2) is 27.0 Å². The van der Waals surface area contributed by atoms with Crippen LogP contribution in [0.15, 0.2) is 49.1 Å². The van der Waals surface area contributed by atoms with E-state index in [0.29, 0.717) is 21.7 Å². The second-order valence-electron chi connectivity index (χ2n) is 6.33. The maximum atomic E-state index is 6.59. The molecule has 0 bridgehead atoms. The fraction of sp³-hybridized carbons (Fsp3) is 0.190. The van der Waals surface area contributed by atoms with E-state index >= 15 is 0 Å². The molecule has 0 aliphatic carbocycles. The molecule has 2 aromatic heterocycles. The molecule has 2 heterocycles. The van der Waals surface area contributed by atoms with E-state index in [1.807, 2.05) is 32.0 Å². The van der Waals surface area contributed by atoms with Crippen LogP contribution in [0.4, 0.5) is 0 Å². The van der Waals surface area contributed by atoms with Gasteiger partial charge < -0.3 is 9.72 Å². The molecule has 0 saturated heterocycles. The standard InChI is InChI=1S/C21H19Cl3N4O/c1-12(21-27-8-7-26-17(23)10-18(24)28-21)15-9-16(22)13(2)19(20(15)29-3)14-5-4-6-25-11-14/h4-12H,1-3H3,(H,27,28). The van der Waals surface area contributed by atoms with Gasteiger partial charge in [0.05, 0.1) is 7.11 Å². The van der Waals surface area contributed by atoms with Crippen molar-refractivity contribution in [1.82, 2.24) is 19.9 Å². The average Bonchev–Trinajstić information content (AvgIpc) is 2.79. The number of methoxy groups -OCH3 is 1. The highest BCUT2D eigenvalue weighted by atomic mass is 35.5. The third-order valence-electron chi connectivity index (χ3n) is 4.51. The molecule has 0 saturated carbocycles. The van der Waals surface area contributed by atoms with Gasteiger partial charge in [-0.15, -0.1) is 0 Å². The first-order valence-electron chi connectivity index (χ1n) is 8.80. The summed E-state index contributed by atoms with van der Waals surface area (Å²) in [4.78, 5) is 15.8. The van der Waals surface area contributed by atoms with Crippen LogP contribution < -0.4 is 4.74 Å². The van der Waals surface area contributed by atoms with E-state index in [9.17, 15) is 0 Å². The minimum absolute atomic E-state index is 0.220. The number of benzene rings is 1. The normalized spacial score (nSPS) is 11.7. The number of aromatic nitrogens is 4. The van der Waals surface area contributed by atoms with Crippen LogP contribution in [0.1, 0.15) is 29.8 Å². The molecule has 0 fully saturated rings. The molecule has 0 radical (unpaired) electrons. The third kappa shape index (κ3) is 4.81. The molecule has 0 spiro atoms. The van der Waals surface area contributed by atoms with Crippen molar-refractivity contribution >= 4 is 34.8 Å². The Morgan fingerprint density at radius 2 is 1.83 bits per heavy atom. The van der Waals surface area contributed by atoms with E-state index in [1.54, 1.807) is 25.7 Å². The van der Waals surface area contributed by atoms with E-state index in [0.717, 1.165) is 22.3 Å². The molecule has 3 aromatic rings. The number of H-pyrrole nitrogens is 1. The van der Waals surface area contributed by atoms with Gasteiger partial charge in [-0.25, -0.2) is 9.97 Å². The molecule has 5 nitrogen and oxygen atoms in total. The van der Waals surface area contributed by atoms with Gasteiger partial charge in [0, 0.05) is 58.5 Å². The van der Waals surface area contributed by atoms with Gasteiger partial charge in [-0.2, -0.15) is 0 Å². The van der Waals surface area contributed by atoms with E-state index in [4.69, 9.17) is 39.5 Å². The molecule has 3 rings (SSSR count). The number of halogens is 3. The number of nitrogens with zero attached hydrogens (tertiary/aromatic N) is 3. The number of rotatable bonds is 4. The fourth-order valence-corrected chi connectivity index (χ4v) is 3.70. The Hall–Kier alpha value is -2.34. The zero-order valence-electron chi connectivity index (χ0n) is 16.1. The summed E-state index contributed by atoms with van der Waals surface area (Å²) in [5.41, 5.74) is 3.58. The second kappa shape index (κ2) is 9.44. The number of aromatic amines is 1. The monoisotopic (exact) mass is 448 g/mol. The van der Waals surface area contributed by atoms with Gasteiger partial charge in [0.1, 0.15) is 21.9 Å². The van der Waals surface area contributed by atoms with Gasteiger partial charge in [-0.1, -0.05) is 47.8 Å². The number of pyridine rings is 1. The van der Waals surface area contributed by atoms with Crippen molar-refractivity contribution in [3.05, 3.63) is 81.3 Å². The maximum Gasteiger partial charge on any atom is 0.132 e. The van der Waals surface area contributed by atoms with Crippen LogP contribution in [0.2, 0.25) is 15.3 Å². The van der Waals surface area contributed by atoms with Crippen molar-refractivity contribution in [2.24, 2.45) is 0 Å². The fourth-order valence-electron chi connectivity index (χ4n) is 3.06. The zero-order chi connectivity index (χ0) is 21.0. The van der Waals surface area contributed by atoms with Crippen molar-refractivity contribution in [3.8, 4) is 16.9 Å². The first-order chi connectivity index (χ1) is 13.9. The van der Waals surface area contributed by atoms with Gasteiger partial charge >= 0.3 is 0 Å². The predicted octanol–water partition coefficient (Wildman–Crippen LogP) is 6.42. The van der Waals surface area contributed by atoms with Gasteiger partial charge in [0.2, 0.25) is 0 Å². The molecular weight excluding hydrogens is 431 g/mol. The van der Waals surface area contributed by atoms with Gasteiger partial charge in [0.25, 0.3) is 0 Å². The van der Waals surface area contributed by atoms with Crippen molar-refractivity contribution in [2.45, 2.75) is 19.8 Å². The third-order valence-corrected chi connectivity index (χ3v) is 5.31. The summed E-state index contributed by atoms with van der Waals surface area (Å²) >= 11 is 18.8. The molecule has 29 heavy (non-hydrogen) atoms. The quantitative estimate of drug-likeness (QED) is 0.499. The van der Waals surface area contributed by atoms with E-state index in [2.05, 4.69) is 19.9 Å². The Morgan fingerprint density at radius 1 is 1.07 bits per heavy atom. The van der Waals surface area contributed by atoms with E-state index in [-0.39, 0.29) is 11.1 Å². The molecule has 0 aliphatic heterocycles. The van der Waals surface area contributed by atoms with Crippen LogP contribution >= 0.6 is 34.8 Å². The van der Waals surface area contributed by atoms with Gasteiger partial charge in [-0.05, 0) is 24.6 Å². The summed E-state index contributed by atoms with van der Waals surface area (Å²) in [7, 11) is 1.64. The lowest BCUT2D eigenvalue weighted by atomic mass is 9.91. The molecule has 1 atom stereocenters. The zero-order valence-corrected chi connectivity index (χ0v) is 18.3. The first kappa shape index (κ1) is 21.4. The Labute approximate surface area is 184 Å². The first-order valence-corrected chi connectivity index (χ1v) is 9.93. The molecule has 150 valence electrons. The number of nitrogens with one attached hydrogen (secondary N) is 1. The summed E-state index contributed by atoms with van der Waals surface area (Å²) < 4.78 is 5.82. The summed E-state index contributed by atoms with van der Waals surface area (Å²) in [6, 6.07) is 7.25.